The number of hydrazone groups is 1. The number of carbonyl (C=O) groups is 1. The van der Waals surface area contributed by atoms with Crippen LogP contribution in [0.25, 0.3) is 5.69 Å². The van der Waals surface area contributed by atoms with E-state index in [0.29, 0.717) is 16.6 Å². The van der Waals surface area contributed by atoms with Crippen LogP contribution >= 0.6 is 11.8 Å². The molecule has 4 rings (SSSR count). The first-order valence-corrected chi connectivity index (χ1v) is 9.06. The van der Waals surface area contributed by atoms with E-state index in [0.717, 1.165) is 5.69 Å². The summed E-state index contributed by atoms with van der Waals surface area (Å²) in [5.74, 6) is -0.314. The number of rotatable bonds is 5. The van der Waals surface area contributed by atoms with Gasteiger partial charge in [0, 0.05) is 12.1 Å². The quantitative estimate of drug-likeness (QED) is 0.481. The summed E-state index contributed by atoms with van der Waals surface area (Å²) >= 11 is 1.18. The number of para-hydroxylation sites is 1. The molecule has 0 fully saturated rings. The Morgan fingerprint density at radius 1 is 1.11 bits per heavy atom. The molecule has 1 aromatic heterocycles. The van der Waals surface area contributed by atoms with Crippen LogP contribution in [-0.4, -0.2) is 42.0 Å². The fourth-order valence-electron chi connectivity index (χ4n) is 2.70. The van der Waals surface area contributed by atoms with Crippen molar-refractivity contribution in [3.63, 3.8) is 0 Å². The van der Waals surface area contributed by atoms with Crippen LogP contribution in [0.2, 0.25) is 0 Å². The molecule has 0 radical (unpaired) electrons. The van der Waals surface area contributed by atoms with Crippen LogP contribution in [0, 0.1) is 10.1 Å². The molecule has 1 aliphatic rings. The molecule has 1 unspecified atom stereocenters. The third-order valence-electron chi connectivity index (χ3n) is 4.02. The van der Waals surface area contributed by atoms with Crippen molar-refractivity contribution >= 4 is 34.8 Å². The van der Waals surface area contributed by atoms with Crippen molar-refractivity contribution in [2.24, 2.45) is 5.10 Å². The Kier molecular flexibility index (Phi) is 4.57. The molecule has 2 heterocycles. The number of non-ortho nitro benzene ring substituents is 1. The Balaban J connectivity index is 1.60. The average Bonchev–Trinajstić information content (AvgIpc) is 3.29. The lowest BCUT2D eigenvalue weighted by atomic mass is 10.2. The van der Waals surface area contributed by atoms with E-state index < -0.39 is 10.2 Å². The summed E-state index contributed by atoms with van der Waals surface area (Å²) in [6.45, 7) is 1.73. The smallest absolute Gasteiger partial charge is 0.271 e. The van der Waals surface area contributed by atoms with E-state index in [9.17, 15) is 14.9 Å². The van der Waals surface area contributed by atoms with Crippen LogP contribution in [0.3, 0.4) is 0 Å². The van der Waals surface area contributed by atoms with Gasteiger partial charge in [-0.3, -0.25) is 14.9 Å². The minimum absolute atomic E-state index is 0.109. The monoisotopic (exact) mass is 395 g/mol. The summed E-state index contributed by atoms with van der Waals surface area (Å²) in [5, 5.41) is 28.0. The molecule has 0 bridgehead atoms. The Labute approximate surface area is 163 Å². The molecule has 2 aromatic carbocycles. The molecule has 0 N–H and O–H groups in total. The van der Waals surface area contributed by atoms with Gasteiger partial charge in [-0.25, -0.2) is 0 Å². The highest BCUT2D eigenvalue weighted by Gasteiger charge is 2.37. The van der Waals surface area contributed by atoms with Crippen molar-refractivity contribution in [3.05, 3.63) is 64.7 Å². The first-order valence-electron chi connectivity index (χ1n) is 8.18. The summed E-state index contributed by atoms with van der Waals surface area (Å²) in [6.07, 6.45) is 0. The molecule has 1 aliphatic heterocycles. The summed E-state index contributed by atoms with van der Waals surface area (Å²) < 4.78 is 1.54. The predicted octanol–water partition coefficient (Wildman–Crippen LogP) is 2.45. The van der Waals surface area contributed by atoms with E-state index in [1.54, 1.807) is 17.7 Å². The van der Waals surface area contributed by atoms with Gasteiger partial charge in [0.2, 0.25) is 5.16 Å². The molecule has 3 aromatic rings. The molecular weight excluding hydrogens is 382 g/mol. The van der Waals surface area contributed by atoms with Crippen molar-refractivity contribution in [2.75, 3.05) is 5.01 Å². The first kappa shape index (κ1) is 17.8. The Hall–Kier alpha value is -3.60. The van der Waals surface area contributed by atoms with Crippen LogP contribution in [-0.2, 0) is 4.79 Å². The number of anilines is 1. The van der Waals surface area contributed by atoms with Gasteiger partial charge in [-0.2, -0.15) is 14.8 Å². The number of tetrazole rings is 1. The van der Waals surface area contributed by atoms with Gasteiger partial charge in [0.05, 0.1) is 22.0 Å². The number of benzene rings is 2. The van der Waals surface area contributed by atoms with E-state index in [2.05, 4.69) is 20.6 Å². The molecule has 0 spiro atoms. The lowest BCUT2D eigenvalue weighted by Gasteiger charge is -2.13. The average molecular weight is 395 g/mol. The number of nitrogens with zero attached hydrogens (tertiary/aromatic N) is 7. The molecule has 1 amide bonds. The van der Waals surface area contributed by atoms with Gasteiger partial charge >= 0.3 is 0 Å². The highest BCUT2D eigenvalue weighted by molar-refractivity contribution is 8.01. The van der Waals surface area contributed by atoms with Crippen LogP contribution < -0.4 is 5.01 Å². The number of aromatic nitrogens is 4. The fraction of sp³-hybridized carbons (Fsp3) is 0.118. The summed E-state index contributed by atoms with van der Waals surface area (Å²) in [4.78, 5) is 23.4. The minimum Gasteiger partial charge on any atom is -0.271 e. The van der Waals surface area contributed by atoms with Crippen molar-refractivity contribution < 1.29 is 9.72 Å². The molecule has 10 nitrogen and oxygen atoms in total. The number of amides is 1. The summed E-state index contributed by atoms with van der Waals surface area (Å²) in [6, 6.07) is 15.1. The zero-order chi connectivity index (χ0) is 19.7. The molecule has 1 atom stereocenters. The summed E-state index contributed by atoms with van der Waals surface area (Å²) in [5.41, 5.74) is 1.56. The van der Waals surface area contributed by atoms with E-state index in [4.69, 9.17) is 0 Å². The van der Waals surface area contributed by atoms with E-state index >= 15 is 0 Å². The highest BCUT2D eigenvalue weighted by Crippen LogP contribution is 2.32. The molecule has 11 heteroatoms. The van der Waals surface area contributed by atoms with Gasteiger partial charge in [-0.05, 0) is 35.5 Å². The maximum atomic E-state index is 12.9. The van der Waals surface area contributed by atoms with E-state index in [1.807, 2.05) is 30.3 Å². The molecule has 140 valence electrons. The Morgan fingerprint density at radius 2 is 1.86 bits per heavy atom. The highest BCUT2D eigenvalue weighted by atomic mass is 32.2. The minimum atomic E-state index is -0.632. The number of thioether (sulfide) groups is 1. The van der Waals surface area contributed by atoms with Crippen molar-refractivity contribution in [3.8, 4) is 5.69 Å². The van der Waals surface area contributed by atoms with Crippen molar-refractivity contribution in [1.82, 2.24) is 20.2 Å². The SMILES string of the molecule is CC1=NN(c2cccc([N+](=O)[O-])c2)C(=O)C1Sc1nnnn1-c1ccccc1. The van der Waals surface area contributed by atoms with Gasteiger partial charge in [-0.1, -0.05) is 36.0 Å². The lowest BCUT2D eigenvalue weighted by Crippen LogP contribution is -2.29. The normalized spacial score (nSPS) is 16.3. The zero-order valence-electron chi connectivity index (χ0n) is 14.5. The number of carbonyl (C=O) groups excluding carboxylic acids is 1. The number of hydrogen-bond acceptors (Lipinski definition) is 8. The second-order valence-electron chi connectivity index (χ2n) is 5.88. The number of hydrogen-bond donors (Lipinski definition) is 0. The molecular formula is C17H13N7O3S. The molecule has 28 heavy (non-hydrogen) atoms. The van der Waals surface area contributed by atoms with Gasteiger partial charge in [0.25, 0.3) is 11.6 Å². The van der Waals surface area contributed by atoms with E-state index in [1.165, 1.54) is 35.0 Å². The standard InChI is InChI=1S/C17H13N7O3S/c1-11-15(28-17-18-20-21-23(17)12-6-3-2-4-7-12)16(25)22(19-11)13-8-5-9-14(10-13)24(26)27/h2-10,15H,1H3. The molecule has 0 saturated heterocycles. The van der Waals surface area contributed by atoms with Crippen LogP contribution in [0.15, 0.2) is 64.9 Å². The van der Waals surface area contributed by atoms with Gasteiger partial charge in [0.1, 0.15) is 5.25 Å². The number of nitro groups is 1. The topological polar surface area (TPSA) is 119 Å². The van der Waals surface area contributed by atoms with Gasteiger partial charge < -0.3 is 0 Å². The van der Waals surface area contributed by atoms with Crippen LogP contribution in [0.4, 0.5) is 11.4 Å². The first-order chi connectivity index (χ1) is 13.5. The second-order valence-corrected chi connectivity index (χ2v) is 6.95. The zero-order valence-corrected chi connectivity index (χ0v) is 15.4. The fourth-order valence-corrected chi connectivity index (χ4v) is 3.65. The number of nitro benzene ring substituents is 1. The maximum absolute atomic E-state index is 12.9. The maximum Gasteiger partial charge on any atom is 0.271 e. The second kappa shape index (κ2) is 7.19. The Bertz CT molecular complexity index is 1080. The van der Waals surface area contributed by atoms with Crippen molar-refractivity contribution in [1.29, 1.82) is 0 Å². The van der Waals surface area contributed by atoms with E-state index in [-0.39, 0.29) is 11.6 Å². The third-order valence-corrected chi connectivity index (χ3v) is 5.26. The third kappa shape index (κ3) is 3.22. The largest absolute Gasteiger partial charge is 0.271 e. The van der Waals surface area contributed by atoms with Gasteiger partial charge in [0.15, 0.2) is 0 Å². The Morgan fingerprint density at radius 3 is 2.61 bits per heavy atom. The lowest BCUT2D eigenvalue weighted by molar-refractivity contribution is -0.384. The summed E-state index contributed by atoms with van der Waals surface area (Å²) in [7, 11) is 0. The van der Waals surface area contributed by atoms with Crippen LogP contribution in [0.5, 0.6) is 0 Å². The van der Waals surface area contributed by atoms with Crippen molar-refractivity contribution in [2.45, 2.75) is 17.3 Å². The molecule has 0 saturated carbocycles. The molecule has 0 aliphatic carbocycles. The van der Waals surface area contributed by atoms with Crippen LogP contribution in [0.1, 0.15) is 6.92 Å². The van der Waals surface area contributed by atoms with Gasteiger partial charge in [-0.15, -0.1) is 5.10 Å². The predicted molar refractivity (Wildman–Crippen MR) is 102 cm³/mol.